The zero-order chi connectivity index (χ0) is 17.8. The maximum atomic E-state index is 12.4. The van der Waals surface area contributed by atoms with E-state index in [1.54, 1.807) is 6.92 Å². The largest absolute Gasteiger partial charge is 0.481 e. The summed E-state index contributed by atoms with van der Waals surface area (Å²) in [5.41, 5.74) is 4.16. The van der Waals surface area contributed by atoms with E-state index in [2.05, 4.69) is 22.3 Å². The molecule has 1 unspecified atom stereocenters. The van der Waals surface area contributed by atoms with Crippen molar-refractivity contribution in [1.82, 2.24) is 0 Å². The highest BCUT2D eigenvalue weighted by molar-refractivity contribution is 5.94. The fraction of sp³-hybridized carbons (Fsp3) is 0.381. The monoisotopic (exact) mass is 338 g/mol. The Morgan fingerprint density at radius 3 is 2.44 bits per heavy atom. The molecule has 1 amide bonds. The van der Waals surface area contributed by atoms with Crippen molar-refractivity contribution in [2.75, 3.05) is 23.3 Å². The molecule has 0 saturated carbocycles. The fourth-order valence-electron chi connectivity index (χ4n) is 3.05. The lowest BCUT2D eigenvalue weighted by Crippen LogP contribution is -2.30. The van der Waals surface area contributed by atoms with E-state index in [1.807, 2.05) is 44.2 Å². The second-order valence-electron chi connectivity index (χ2n) is 6.76. The summed E-state index contributed by atoms with van der Waals surface area (Å²) in [5, 5.41) is 2.93. The molecule has 4 heteroatoms. The Labute approximate surface area is 149 Å². The number of carbonyl (C=O) groups is 1. The number of benzene rings is 2. The van der Waals surface area contributed by atoms with Gasteiger partial charge in [0.2, 0.25) is 0 Å². The third-order valence-electron chi connectivity index (χ3n) is 4.62. The summed E-state index contributed by atoms with van der Waals surface area (Å²) in [6.45, 7) is 8.00. The fourth-order valence-corrected chi connectivity index (χ4v) is 3.05. The number of nitrogens with zero attached hydrogens (tertiary/aromatic N) is 1. The first-order chi connectivity index (χ1) is 12.0. The quantitative estimate of drug-likeness (QED) is 0.883. The van der Waals surface area contributed by atoms with E-state index in [4.69, 9.17) is 4.74 Å². The van der Waals surface area contributed by atoms with Crippen LogP contribution in [0.3, 0.4) is 0 Å². The minimum Gasteiger partial charge on any atom is -0.481 e. The van der Waals surface area contributed by atoms with Crippen molar-refractivity contribution < 1.29 is 9.53 Å². The summed E-state index contributed by atoms with van der Waals surface area (Å²) in [6, 6.07) is 14.0. The molecule has 1 heterocycles. The second kappa shape index (κ2) is 7.60. The van der Waals surface area contributed by atoms with Crippen LogP contribution in [0.1, 0.15) is 30.9 Å². The maximum Gasteiger partial charge on any atom is 0.265 e. The summed E-state index contributed by atoms with van der Waals surface area (Å²) in [5.74, 6) is 0.613. The van der Waals surface area contributed by atoms with E-state index >= 15 is 0 Å². The zero-order valence-electron chi connectivity index (χ0n) is 15.2. The van der Waals surface area contributed by atoms with Gasteiger partial charge in [-0.15, -0.1) is 0 Å². The van der Waals surface area contributed by atoms with Gasteiger partial charge in [0, 0.05) is 24.5 Å². The van der Waals surface area contributed by atoms with Gasteiger partial charge in [-0.2, -0.15) is 0 Å². The lowest BCUT2D eigenvalue weighted by Gasteiger charge is -2.19. The van der Waals surface area contributed by atoms with Crippen molar-refractivity contribution in [3.05, 3.63) is 53.6 Å². The first-order valence-electron chi connectivity index (χ1n) is 8.93. The Kier molecular flexibility index (Phi) is 5.27. The molecule has 1 atom stereocenters. The lowest BCUT2D eigenvalue weighted by molar-refractivity contribution is -0.122. The Hall–Kier alpha value is -2.49. The molecule has 2 aromatic carbocycles. The number of aryl methyl sites for hydroxylation is 2. The standard InChI is InChI=1S/C21H26N2O2/c1-15-6-7-16(2)20(14-15)25-17(3)21(24)22-18-8-10-19(11-9-18)23-12-4-5-13-23/h6-11,14,17H,4-5,12-13H2,1-3H3,(H,22,24). The molecule has 1 N–H and O–H groups in total. The summed E-state index contributed by atoms with van der Waals surface area (Å²) in [6.07, 6.45) is 1.95. The van der Waals surface area contributed by atoms with E-state index < -0.39 is 6.10 Å². The highest BCUT2D eigenvalue weighted by Gasteiger charge is 2.17. The summed E-state index contributed by atoms with van der Waals surface area (Å²) in [4.78, 5) is 14.8. The molecule has 2 aromatic rings. The van der Waals surface area contributed by atoms with Gasteiger partial charge in [-0.25, -0.2) is 0 Å². The van der Waals surface area contributed by atoms with Gasteiger partial charge in [-0.3, -0.25) is 4.79 Å². The summed E-state index contributed by atoms with van der Waals surface area (Å²) < 4.78 is 5.84. The van der Waals surface area contributed by atoms with Crippen molar-refractivity contribution in [3.63, 3.8) is 0 Å². The van der Waals surface area contributed by atoms with Gasteiger partial charge in [0.25, 0.3) is 5.91 Å². The van der Waals surface area contributed by atoms with Gasteiger partial charge >= 0.3 is 0 Å². The molecule has 132 valence electrons. The van der Waals surface area contributed by atoms with Crippen LogP contribution in [0.25, 0.3) is 0 Å². The maximum absolute atomic E-state index is 12.4. The molecule has 3 rings (SSSR count). The number of anilines is 2. The molecule has 0 radical (unpaired) electrons. The Morgan fingerprint density at radius 2 is 1.76 bits per heavy atom. The number of nitrogens with one attached hydrogen (secondary N) is 1. The van der Waals surface area contributed by atoms with Crippen LogP contribution < -0.4 is 15.0 Å². The summed E-state index contributed by atoms with van der Waals surface area (Å²) >= 11 is 0. The molecule has 1 aliphatic rings. The smallest absolute Gasteiger partial charge is 0.265 e. The van der Waals surface area contributed by atoms with Gasteiger partial charge in [-0.05, 0) is 75.1 Å². The Balaban J connectivity index is 1.60. The average Bonchev–Trinajstić information content (AvgIpc) is 3.13. The van der Waals surface area contributed by atoms with Crippen molar-refractivity contribution >= 4 is 17.3 Å². The number of carbonyl (C=O) groups excluding carboxylic acids is 1. The number of amides is 1. The molecule has 1 aliphatic heterocycles. The molecule has 1 fully saturated rings. The predicted octanol–water partition coefficient (Wildman–Crippen LogP) is 4.31. The molecule has 4 nitrogen and oxygen atoms in total. The van der Waals surface area contributed by atoms with Crippen LogP contribution in [0.5, 0.6) is 5.75 Å². The molecular weight excluding hydrogens is 312 g/mol. The van der Waals surface area contributed by atoms with Crippen LogP contribution in [0, 0.1) is 13.8 Å². The minimum absolute atomic E-state index is 0.144. The molecule has 1 saturated heterocycles. The van der Waals surface area contributed by atoms with E-state index in [0.717, 1.165) is 35.7 Å². The van der Waals surface area contributed by atoms with Crippen molar-refractivity contribution in [3.8, 4) is 5.75 Å². The highest BCUT2D eigenvalue weighted by Crippen LogP contribution is 2.23. The van der Waals surface area contributed by atoms with Crippen molar-refractivity contribution in [1.29, 1.82) is 0 Å². The number of hydrogen-bond donors (Lipinski definition) is 1. The van der Waals surface area contributed by atoms with Crippen LogP contribution in [-0.4, -0.2) is 25.1 Å². The van der Waals surface area contributed by atoms with Crippen molar-refractivity contribution in [2.45, 2.75) is 39.7 Å². The second-order valence-corrected chi connectivity index (χ2v) is 6.76. The van der Waals surface area contributed by atoms with E-state index in [-0.39, 0.29) is 5.91 Å². The van der Waals surface area contributed by atoms with Crippen LogP contribution >= 0.6 is 0 Å². The SMILES string of the molecule is Cc1ccc(C)c(OC(C)C(=O)Nc2ccc(N3CCCC3)cc2)c1. The van der Waals surface area contributed by atoms with E-state index in [9.17, 15) is 4.79 Å². The third kappa shape index (κ3) is 4.32. The number of ether oxygens (including phenoxy) is 1. The van der Waals surface area contributed by atoms with Gasteiger partial charge in [-0.1, -0.05) is 12.1 Å². The minimum atomic E-state index is -0.557. The zero-order valence-corrected chi connectivity index (χ0v) is 15.2. The van der Waals surface area contributed by atoms with E-state index in [1.165, 1.54) is 18.5 Å². The van der Waals surface area contributed by atoms with Gasteiger partial charge in [0.15, 0.2) is 6.10 Å². The van der Waals surface area contributed by atoms with E-state index in [0.29, 0.717) is 0 Å². The van der Waals surface area contributed by atoms with Crippen molar-refractivity contribution in [2.24, 2.45) is 0 Å². The van der Waals surface area contributed by atoms with Crippen LogP contribution in [-0.2, 0) is 4.79 Å². The molecule has 0 aromatic heterocycles. The summed E-state index contributed by atoms with van der Waals surface area (Å²) in [7, 11) is 0. The van der Waals surface area contributed by atoms with Gasteiger partial charge in [0.05, 0.1) is 0 Å². The Morgan fingerprint density at radius 1 is 1.08 bits per heavy atom. The molecule has 0 aliphatic carbocycles. The molecule has 0 spiro atoms. The topological polar surface area (TPSA) is 41.6 Å². The molecule has 0 bridgehead atoms. The first-order valence-corrected chi connectivity index (χ1v) is 8.93. The van der Waals surface area contributed by atoms with Crippen LogP contribution in [0.2, 0.25) is 0 Å². The van der Waals surface area contributed by atoms with Crippen LogP contribution in [0.4, 0.5) is 11.4 Å². The molecular formula is C21H26N2O2. The normalized spacial score (nSPS) is 15.1. The number of hydrogen-bond acceptors (Lipinski definition) is 3. The predicted molar refractivity (Wildman–Crippen MR) is 103 cm³/mol. The van der Waals surface area contributed by atoms with Gasteiger partial charge in [0.1, 0.15) is 5.75 Å². The Bertz CT molecular complexity index is 734. The van der Waals surface area contributed by atoms with Crippen LogP contribution in [0.15, 0.2) is 42.5 Å². The highest BCUT2D eigenvalue weighted by atomic mass is 16.5. The van der Waals surface area contributed by atoms with Gasteiger partial charge < -0.3 is 15.0 Å². The number of rotatable bonds is 5. The third-order valence-corrected chi connectivity index (χ3v) is 4.62. The first kappa shape index (κ1) is 17.3. The molecule has 25 heavy (non-hydrogen) atoms. The average molecular weight is 338 g/mol. The lowest BCUT2D eigenvalue weighted by atomic mass is 10.1.